The Kier molecular flexibility index (Phi) is 5.85. The van der Waals surface area contributed by atoms with Crippen molar-refractivity contribution >= 4 is 10.8 Å². The molecule has 3 rings (SSSR count). The molecular formula is C20H28N2O2. The summed E-state index contributed by atoms with van der Waals surface area (Å²) in [4.78, 5) is 0. The van der Waals surface area contributed by atoms with E-state index in [4.69, 9.17) is 4.74 Å². The zero-order chi connectivity index (χ0) is 16.9. The van der Waals surface area contributed by atoms with Gasteiger partial charge in [0.15, 0.2) is 0 Å². The van der Waals surface area contributed by atoms with Gasteiger partial charge in [0.05, 0.1) is 12.2 Å². The Balaban J connectivity index is 1.84. The van der Waals surface area contributed by atoms with Gasteiger partial charge in [0, 0.05) is 38.6 Å². The molecule has 3 unspecified atom stereocenters. The van der Waals surface area contributed by atoms with E-state index in [9.17, 15) is 5.11 Å². The number of methoxy groups -OCH3 is 1. The molecule has 0 aliphatic carbocycles. The molecule has 2 aromatic carbocycles. The monoisotopic (exact) mass is 328 g/mol. The van der Waals surface area contributed by atoms with E-state index >= 15 is 0 Å². The lowest BCUT2D eigenvalue weighted by atomic mass is 9.81. The molecule has 4 heteroatoms. The Bertz CT molecular complexity index is 661. The molecule has 24 heavy (non-hydrogen) atoms. The summed E-state index contributed by atoms with van der Waals surface area (Å²) in [5.74, 6) is 0.274. The van der Waals surface area contributed by atoms with Crippen molar-refractivity contribution < 1.29 is 9.84 Å². The summed E-state index contributed by atoms with van der Waals surface area (Å²) in [6.45, 7) is 2.47. The highest BCUT2D eigenvalue weighted by Crippen LogP contribution is 2.30. The van der Waals surface area contributed by atoms with Crippen LogP contribution in [0.1, 0.15) is 17.9 Å². The van der Waals surface area contributed by atoms with E-state index in [1.165, 1.54) is 16.3 Å². The number of benzene rings is 2. The summed E-state index contributed by atoms with van der Waals surface area (Å²) >= 11 is 0. The van der Waals surface area contributed by atoms with Crippen LogP contribution >= 0.6 is 0 Å². The number of hydrogen-bond acceptors (Lipinski definition) is 4. The van der Waals surface area contributed by atoms with Gasteiger partial charge < -0.3 is 20.5 Å². The molecule has 0 aromatic heterocycles. The number of rotatable bonds is 6. The summed E-state index contributed by atoms with van der Waals surface area (Å²) in [7, 11) is 3.69. The molecule has 130 valence electrons. The second-order valence-corrected chi connectivity index (χ2v) is 6.77. The molecule has 4 nitrogen and oxygen atoms in total. The van der Waals surface area contributed by atoms with Gasteiger partial charge in [-0.05, 0) is 29.8 Å². The number of nitrogens with one attached hydrogen (secondary N) is 2. The molecule has 0 amide bonds. The van der Waals surface area contributed by atoms with Crippen LogP contribution in [0.3, 0.4) is 0 Å². The Labute approximate surface area is 144 Å². The molecule has 1 heterocycles. The number of aliphatic hydroxyl groups is 1. The standard InChI is InChI=1S/C20H28N2O2/c1-21-13-19(20(23)17-10-18(24-2)12-22-11-17)16-8-7-14-5-3-4-6-15(14)9-16/h3-9,17-23H,10-13H2,1-2H3/t17?,18?,19-,20?/m1/s1. The highest BCUT2D eigenvalue weighted by Gasteiger charge is 2.32. The molecule has 1 saturated heterocycles. The van der Waals surface area contributed by atoms with Crippen molar-refractivity contribution in [2.24, 2.45) is 5.92 Å². The smallest absolute Gasteiger partial charge is 0.0699 e. The van der Waals surface area contributed by atoms with Crippen LogP contribution in [0, 0.1) is 5.92 Å². The van der Waals surface area contributed by atoms with Crippen molar-refractivity contribution in [3.8, 4) is 0 Å². The summed E-state index contributed by atoms with van der Waals surface area (Å²) in [5, 5.41) is 20.2. The molecule has 2 aromatic rings. The molecule has 1 aliphatic heterocycles. The van der Waals surface area contributed by atoms with Gasteiger partial charge in [0.1, 0.15) is 0 Å². The van der Waals surface area contributed by atoms with Crippen molar-refractivity contribution in [2.75, 3.05) is 33.8 Å². The normalized spacial score (nSPS) is 24.0. The molecule has 4 atom stereocenters. The molecule has 0 spiro atoms. The molecule has 0 bridgehead atoms. The molecular weight excluding hydrogens is 300 g/mol. The molecule has 1 fully saturated rings. The molecule has 0 radical (unpaired) electrons. The van der Waals surface area contributed by atoms with Crippen molar-refractivity contribution in [3.63, 3.8) is 0 Å². The van der Waals surface area contributed by atoms with Gasteiger partial charge in [-0.15, -0.1) is 0 Å². The van der Waals surface area contributed by atoms with Crippen molar-refractivity contribution in [3.05, 3.63) is 48.0 Å². The maximum Gasteiger partial charge on any atom is 0.0699 e. The third kappa shape index (κ3) is 3.78. The van der Waals surface area contributed by atoms with Crippen LogP contribution in [0.4, 0.5) is 0 Å². The van der Waals surface area contributed by atoms with E-state index in [1.54, 1.807) is 7.11 Å². The summed E-state index contributed by atoms with van der Waals surface area (Å²) < 4.78 is 5.49. The highest BCUT2D eigenvalue weighted by atomic mass is 16.5. The summed E-state index contributed by atoms with van der Waals surface area (Å²) in [5.41, 5.74) is 1.19. The zero-order valence-corrected chi connectivity index (χ0v) is 14.5. The molecule has 0 saturated carbocycles. The van der Waals surface area contributed by atoms with Gasteiger partial charge in [0.25, 0.3) is 0 Å². The minimum absolute atomic E-state index is 0.0713. The minimum atomic E-state index is -0.399. The van der Waals surface area contributed by atoms with Crippen LogP contribution in [0.25, 0.3) is 10.8 Å². The zero-order valence-electron chi connectivity index (χ0n) is 14.5. The van der Waals surface area contributed by atoms with E-state index < -0.39 is 6.10 Å². The number of aliphatic hydroxyl groups excluding tert-OH is 1. The van der Waals surface area contributed by atoms with Gasteiger partial charge in [-0.1, -0.05) is 42.5 Å². The number of likely N-dealkylation sites (N-methyl/N-ethyl adjacent to an activating group) is 1. The van der Waals surface area contributed by atoms with E-state index in [-0.39, 0.29) is 17.9 Å². The average Bonchev–Trinajstić information content (AvgIpc) is 2.65. The first-order valence-corrected chi connectivity index (χ1v) is 8.77. The molecule has 3 N–H and O–H groups in total. The number of fused-ring (bicyclic) bond motifs is 1. The van der Waals surface area contributed by atoms with E-state index in [2.05, 4.69) is 53.1 Å². The maximum atomic E-state index is 11.1. The topological polar surface area (TPSA) is 53.5 Å². The first-order valence-electron chi connectivity index (χ1n) is 8.77. The lowest BCUT2D eigenvalue weighted by molar-refractivity contribution is 0.00650. The molecule has 1 aliphatic rings. The number of hydrogen-bond donors (Lipinski definition) is 3. The number of ether oxygens (including phenoxy) is 1. The van der Waals surface area contributed by atoms with Crippen LogP contribution in [-0.4, -0.2) is 51.1 Å². The Morgan fingerprint density at radius 3 is 2.75 bits per heavy atom. The third-order valence-electron chi connectivity index (χ3n) is 5.20. The second-order valence-electron chi connectivity index (χ2n) is 6.77. The van der Waals surface area contributed by atoms with Gasteiger partial charge >= 0.3 is 0 Å². The van der Waals surface area contributed by atoms with Crippen molar-refractivity contribution in [1.29, 1.82) is 0 Å². The summed E-state index contributed by atoms with van der Waals surface area (Å²) in [6, 6.07) is 14.9. The predicted molar refractivity (Wildman–Crippen MR) is 98.4 cm³/mol. The van der Waals surface area contributed by atoms with E-state index in [0.717, 1.165) is 26.1 Å². The van der Waals surface area contributed by atoms with Crippen LogP contribution in [0.2, 0.25) is 0 Å². The van der Waals surface area contributed by atoms with Crippen LogP contribution in [0.15, 0.2) is 42.5 Å². The quantitative estimate of drug-likeness (QED) is 0.760. The van der Waals surface area contributed by atoms with Crippen LogP contribution < -0.4 is 10.6 Å². The Hall–Kier alpha value is -1.46. The lowest BCUT2D eigenvalue weighted by Crippen LogP contribution is -2.47. The van der Waals surface area contributed by atoms with Gasteiger partial charge in [-0.2, -0.15) is 0 Å². The van der Waals surface area contributed by atoms with Gasteiger partial charge in [-0.3, -0.25) is 0 Å². The summed E-state index contributed by atoms with van der Waals surface area (Å²) in [6.07, 6.45) is 0.688. The SMILES string of the molecule is CNC[C@H](c1ccc2ccccc2c1)C(O)C1CNCC(OC)C1. The van der Waals surface area contributed by atoms with Crippen molar-refractivity contribution in [1.82, 2.24) is 10.6 Å². The predicted octanol–water partition coefficient (Wildman–Crippen LogP) is 2.13. The van der Waals surface area contributed by atoms with E-state index in [1.807, 2.05) is 7.05 Å². The lowest BCUT2D eigenvalue weighted by Gasteiger charge is -2.36. The van der Waals surface area contributed by atoms with Crippen LogP contribution in [-0.2, 0) is 4.74 Å². The van der Waals surface area contributed by atoms with Gasteiger partial charge in [-0.25, -0.2) is 0 Å². The largest absolute Gasteiger partial charge is 0.392 e. The van der Waals surface area contributed by atoms with Crippen LogP contribution in [0.5, 0.6) is 0 Å². The Morgan fingerprint density at radius 2 is 2.00 bits per heavy atom. The number of piperidine rings is 1. The highest BCUT2D eigenvalue weighted by molar-refractivity contribution is 5.83. The average molecular weight is 328 g/mol. The fourth-order valence-electron chi connectivity index (χ4n) is 3.80. The fraction of sp³-hybridized carbons (Fsp3) is 0.500. The Morgan fingerprint density at radius 1 is 1.21 bits per heavy atom. The first-order chi connectivity index (χ1) is 11.7. The second kappa shape index (κ2) is 8.08. The maximum absolute atomic E-state index is 11.1. The third-order valence-corrected chi connectivity index (χ3v) is 5.20. The van der Waals surface area contributed by atoms with Crippen molar-refractivity contribution in [2.45, 2.75) is 24.5 Å². The fourth-order valence-corrected chi connectivity index (χ4v) is 3.80. The minimum Gasteiger partial charge on any atom is -0.392 e. The first kappa shape index (κ1) is 17.4. The van der Waals surface area contributed by atoms with E-state index in [0.29, 0.717) is 0 Å². The van der Waals surface area contributed by atoms with Gasteiger partial charge in [0.2, 0.25) is 0 Å².